The number of benzene rings is 2. The minimum Gasteiger partial charge on any atom is -0.491 e. The third-order valence-electron chi connectivity index (χ3n) is 4.82. The van der Waals surface area contributed by atoms with Gasteiger partial charge in [-0.1, -0.05) is 0 Å². The van der Waals surface area contributed by atoms with Gasteiger partial charge in [-0.25, -0.2) is 4.39 Å². The largest absolute Gasteiger partial charge is 0.491 e. The fourth-order valence-electron chi connectivity index (χ4n) is 3.35. The lowest BCUT2D eigenvalue weighted by molar-refractivity contribution is 0.0662. The zero-order valence-electron chi connectivity index (χ0n) is 15.0. The van der Waals surface area contributed by atoms with Crippen molar-refractivity contribution in [3.05, 3.63) is 48.3 Å². The van der Waals surface area contributed by atoms with Crippen molar-refractivity contribution >= 4 is 5.69 Å². The summed E-state index contributed by atoms with van der Waals surface area (Å²) < 4.78 is 29.3. The molecule has 1 saturated heterocycles. The first-order chi connectivity index (χ1) is 13.2. The summed E-state index contributed by atoms with van der Waals surface area (Å²) in [4.78, 5) is 4.44. The van der Waals surface area contributed by atoms with Gasteiger partial charge in [-0.15, -0.1) is 0 Å². The molecule has 0 aromatic heterocycles. The number of piperazine rings is 1. The average Bonchev–Trinajstić information content (AvgIpc) is 3.15. The summed E-state index contributed by atoms with van der Waals surface area (Å²) in [5.41, 5.74) is 1.03. The van der Waals surface area contributed by atoms with E-state index in [2.05, 4.69) is 9.80 Å². The molecule has 0 unspecified atom stereocenters. The van der Waals surface area contributed by atoms with Crippen LogP contribution in [0.25, 0.3) is 0 Å². The predicted octanol–water partition coefficient (Wildman–Crippen LogP) is 2.12. The number of rotatable bonds is 6. The molecule has 1 fully saturated rings. The summed E-state index contributed by atoms with van der Waals surface area (Å²) in [6, 6.07) is 12.0. The van der Waals surface area contributed by atoms with E-state index in [1.807, 2.05) is 6.07 Å². The van der Waals surface area contributed by atoms with Crippen molar-refractivity contribution in [2.24, 2.45) is 0 Å². The van der Waals surface area contributed by atoms with E-state index in [0.717, 1.165) is 31.9 Å². The van der Waals surface area contributed by atoms with Crippen molar-refractivity contribution in [3.63, 3.8) is 0 Å². The van der Waals surface area contributed by atoms with Crippen LogP contribution in [0.4, 0.5) is 10.1 Å². The molecule has 7 heteroatoms. The van der Waals surface area contributed by atoms with Gasteiger partial charge in [0, 0.05) is 44.5 Å². The van der Waals surface area contributed by atoms with Gasteiger partial charge >= 0.3 is 0 Å². The first-order valence-corrected chi connectivity index (χ1v) is 9.11. The van der Waals surface area contributed by atoms with Crippen molar-refractivity contribution in [1.82, 2.24) is 4.90 Å². The molecule has 144 valence electrons. The summed E-state index contributed by atoms with van der Waals surface area (Å²) in [5, 5.41) is 10.3. The van der Waals surface area contributed by atoms with Crippen LogP contribution in [0.2, 0.25) is 0 Å². The van der Waals surface area contributed by atoms with Gasteiger partial charge < -0.3 is 24.2 Å². The highest BCUT2D eigenvalue weighted by Crippen LogP contribution is 2.35. The number of β-amino-alcohol motifs (C(OH)–C–C–N with tert-alkyl or cyclic N) is 1. The number of anilines is 1. The molecular formula is C20H23FN2O4. The monoisotopic (exact) mass is 374 g/mol. The summed E-state index contributed by atoms with van der Waals surface area (Å²) in [6.07, 6.45) is -0.576. The van der Waals surface area contributed by atoms with Crippen LogP contribution in [0.1, 0.15) is 0 Å². The van der Waals surface area contributed by atoms with Gasteiger partial charge in [-0.05, 0) is 36.4 Å². The maximum atomic E-state index is 13.0. The smallest absolute Gasteiger partial charge is 0.231 e. The molecule has 4 rings (SSSR count). The Morgan fingerprint density at radius 1 is 1.00 bits per heavy atom. The number of ether oxygens (including phenoxy) is 3. The van der Waals surface area contributed by atoms with Crippen LogP contribution < -0.4 is 19.1 Å². The summed E-state index contributed by atoms with van der Waals surface area (Å²) >= 11 is 0. The summed E-state index contributed by atoms with van der Waals surface area (Å²) in [7, 11) is 0. The molecule has 6 nitrogen and oxygen atoms in total. The molecule has 2 aromatic carbocycles. The number of hydrogen-bond donors (Lipinski definition) is 1. The second kappa shape index (κ2) is 8.02. The lowest BCUT2D eigenvalue weighted by Crippen LogP contribution is -2.49. The molecule has 27 heavy (non-hydrogen) atoms. The molecule has 0 spiro atoms. The molecule has 0 amide bonds. The van der Waals surface area contributed by atoms with Crippen molar-refractivity contribution in [2.75, 3.05) is 51.0 Å². The van der Waals surface area contributed by atoms with Crippen LogP contribution in [-0.2, 0) is 0 Å². The number of aliphatic hydroxyl groups excluding tert-OH is 1. The van der Waals surface area contributed by atoms with Gasteiger partial charge in [0.05, 0.1) is 0 Å². The number of nitrogens with zero attached hydrogens (tertiary/aromatic N) is 2. The van der Waals surface area contributed by atoms with E-state index in [9.17, 15) is 9.50 Å². The molecule has 0 bridgehead atoms. The zero-order valence-corrected chi connectivity index (χ0v) is 15.0. The van der Waals surface area contributed by atoms with E-state index in [1.165, 1.54) is 12.1 Å². The third kappa shape index (κ3) is 4.43. The van der Waals surface area contributed by atoms with E-state index in [4.69, 9.17) is 14.2 Å². The van der Waals surface area contributed by atoms with Gasteiger partial charge in [0.25, 0.3) is 0 Å². The SMILES string of the molecule is O[C@@H](COc1ccc2c(c1)OCO2)CN1CCN(c2ccc(F)cc2)CC1. The van der Waals surface area contributed by atoms with E-state index < -0.39 is 6.10 Å². The molecule has 2 aliphatic rings. The third-order valence-corrected chi connectivity index (χ3v) is 4.82. The van der Waals surface area contributed by atoms with Crippen LogP contribution in [0.5, 0.6) is 17.2 Å². The van der Waals surface area contributed by atoms with E-state index in [0.29, 0.717) is 23.8 Å². The van der Waals surface area contributed by atoms with Gasteiger partial charge in [0.15, 0.2) is 11.5 Å². The molecule has 0 radical (unpaired) electrons. The summed E-state index contributed by atoms with van der Waals surface area (Å²) in [5.74, 6) is 1.81. The van der Waals surface area contributed by atoms with Crippen LogP contribution in [0, 0.1) is 5.82 Å². The standard InChI is InChI=1S/C20H23FN2O4/c21-15-1-3-16(4-2-15)23-9-7-22(8-10-23)12-17(24)13-25-18-5-6-19-20(11-18)27-14-26-19/h1-6,11,17,24H,7-10,12-14H2/t17-/m1/s1. The maximum absolute atomic E-state index is 13.0. The average molecular weight is 374 g/mol. The van der Waals surface area contributed by atoms with Gasteiger partial charge in [0.1, 0.15) is 24.3 Å². The van der Waals surface area contributed by atoms with Crippen molar-refractivity contribution in [1.29, 1.82) is 0 Å². The van der Waals surface area contributed by atoms with E-state index in [1.54, 1.807) is 24.3 Å². The predicted molar refractivity (Wildman–Crippen MR) is 99.1 cm³/mol. The molecular weight excluding hydrogens is 351 g/mol. The Morgan fingerprint density at radius 2 is 1.74 bits per heavy atom. The highest BCUT2D eigenvalue weighted by molar-refractivity contribution is 5.47. The summed E-state index contributed by atoms with van der Waals surface area (Å²) in [6.45, 7) is 4.39. The van der Waals surface area contributed by atoms with Crippen LogP contribution in [0.15, 0.2) is 42.5 Å². The lowest BCUT2D eigenvalue weighted by Gasteiger charge is -2.36. The van der Waals surface area contributed by atoms with Gasteiger partial charge in [0.2, 0.25) is 6.79 Å². The molecule has 0 aliphatic carbocycles. The molecule has 2 aliphatic heterocycles. The maximum Gasteiger partial charge on any atom is 0.231 e. The highest BCUT2D eigenvalue weighted by atomic mass is 19.1. The van der Waals surface area contributed by atoms with Crippen LogP contribution in [0.3, 0.4) is 0 Å². The van der Waals surface area contributed by atoms with Gasteiger partial charge in [-0.3, -0.25) is 4.90 Å². The van der Waals surface area contributed by atoms with Crippen molar-refractivity contribution < 1.29 is 23.7 Å². The molecule has 2 heterocycles. The number of hydrogen-bond acceptors (Lipinski definition) is 6. The zero-order chi connectivity index (χ0) is 18.6. The Hall–Kier alpha value is -2.51. The molecule has 2 aromatic rings. The first kappa shape index (κ1) is 17.9. The topological polar surface area (TPSA) is 54.4 Å². The Morgan fingerprint density at radius 3 is 2.52 bits per heavy atom. The fourth-order valence-corrected chi connectivity index (χ4v) is 3.35. The number of fused-ring (bicyclic) bond motifs is 1. The minimum absolute atomic E-state index is 0.219. The van der Waals surface area contributed by atoms with Crippen molar-refractivity contribution in [3.8, 4) is 17.2 Å². The van der Waals surface area contributed by atoms with Crippen LogP contribution in [-0.4, -0.2) is 62.2 Å². The fraction of sp³-hybridized carbons (Fsp3) is 0.400. The Labute approximate surface area is 157 Å². The van der Waals surface area contributed by atoms with Crippen LogP contribution >= 0.6 is 0 Å². The minimum atomic E-state index is -0.576. The number of halogens is 1. The number of aliphatic hydroxyl groups is 1. The van der Waals surface area contributed by atoms with Gasteiger partial charge in [-0.2, -0.15) is 0 Å². The Bertz CT molecular complexity index is 763. The highest BCUT2D eigenvalue weighted by Gasteiger charge is 2.20. The quantitative estimate of drug-likeness (QED) is 0.836. The first-order valence-electron chi connectivity index (χ1n) is 9.11. The lowest BCUT2D eigenvalue weighted by atomic mass is 10.2. The molecule has 1 N–H and O–H groups in total. The Kier molecular flexibility index (Phi) is 5.31. The van der Waals surface area contributed by atoms with E-state index in [-0.39, 0.29) is 19.2 Å². The van der Waals surface area contributed by atoms with E-state index >= 15 is 0 Å². The normalized spacial score (nSPS) is 17.8. The second-order valence-electron chi connectivity index (χ2n) is 6.74. The van der Waals surface area contributed by atoms with Crippen molar-refractivity contribution in [2.45, 2.75) is 6.10 Å². The molecule has 0 saturated carbocycles. The second-order valence-corrected chi connectivity index (χ2v) is 6.74. The Balaban J connectivity index is 1.21. The molecule has 1 atom stereocenters.